The highest BCUT2D eigenvalue weighted by Crippen LogP contribution is 2.37. The van der Waals surface area contributed by atoms with Crippen LogP contribution in [0.25, 0.3) is 11.1 Å². The highest BCUT2D eigenvalue weighted by atomic mass is 32.2. The smallest absolute Gasteiger partial charge is 0.231 e. The van der Waals surface area contributed by atoms with E-state index in [4.69, 9.17) is 9.47 Å². The summed E-state index contributed by atoms with van der Waals surface area (Å²) in [6.45, 7) is 0.179. The predicted molar refractivity (Wildman–Crippen MR) is 137 cm³/mol. The third kappa shape index (κ3) is 4.54. The number of hydrogen-bond acceptors (Lipinski definition) is 7. The Morgan fingerprint density at radius 3 is 2.77 bits per heavy atom. The number of anilines is 1. The zero-order valence-electron chi connectivity index (χ0n) is 18.6. The third-order valence-corrected chi connectivity index (χ3v) is 8.04. The number of benzene rings is 3. The number of thiazole rings is 1. The number of nitrogens with zero attached hydrogens (tertiary/aromatic N) is 1. The molecule has 6 rings (SSSR count). The number of ether oxygens (including phenoxy) is 2. The lowest BCUT2D eigenvalue weighted by atomic mass is 10.1. The van der Waals surface area contributed by atoms with Gasteiger partial charge >= 0.3 is 0 Å². The number of thioether (sulfide) groups is 1. The van der Waals surface area contributed by atoms with Crippen molar-refractivity contribution in [2.24, 2.45) is 0 Å². The van der Waals surface area contributed by atoms with Crippen molar-refractivity contribution in [3.63, 3.8) is 0 Å². The largest absolute Gasteiger partial charge is 0.454 e. The van der Waals surface area contributed by atoms with Crippen molar-refractivity contribution in [2.45, 2.75) is 17.2 Å². The van der Waals surface area contributed by atoms with Crippen LogP contribution in [0.1, 0.15) is 27.2 Å². The molecule has 0 fully saturated rings. The summed E-state index contributed by atoms with van der Waals surface area (Å²) >= 11 is 2.81. The van der Waals surface area contributed by atoms with Gasteiger partial charge in [-0.15, -0.1) is 11.3 Å². The summed E-state index contributed by atoms with van der Waals surface area (Å²) in [4.78, 5) is 29.7. The van der Waals surface area contributed by atoms with Gasteiger partial charge in [0.2, 0.25) is 12.7 Å². The second kappa shape index (κ2) is 9.20. The molecule has 0 unspecified atom stereocenters. The van der Waals surface area contributed by atoms with E-state index in [0.717, 1.165) is 16.4 Å². The standard InChI is InChI=1S/C27H20N2O4S2/c30-23(17-5-8-24-25(11-17)33-15-32-24)14-35-27-29-20(13-34-27)12-26(31)28-19-6-7-22-18(10-19)9-16-3-1-2-4-21(16)22/h1-8,10-11,13H,9,12,14-15H2,(H,28,31). The van der Waals surface area contributed by atoms with Gasteiger partial charge in [0, 0.05) is 16.6 Å². The van der Waals surface area contributed by atoms with Crippen molar-refractivity contribution in [1.29, 1.82) is 0 Å². The predicted octanol–water partition coefficient (Wildman–Crippen LogP) is 5.60. The minimum absolute atomic E-state index is 0.0125. The molecule has 2 aliphatic rings. The number of ketones is 1. The second-order valence-corrected chi connectivity index (χ2v) is 10.4. The summed E-state index contributed by atoms with van der Waals surface area (Å²) in [5, 5.41) is 4.86. The van der Waals surface area contributed by atoms with E-state index in [1.165, 1.54) is 45.4 Å². The Kier molecular flexibility index (Phi) is 5.75. The van der Waals surface area contributed by atoms with Crippen molar-refractivity contribution in [3.8, 4) is 22.6 Å². The summed E-state index contributed by atoms with van der Waals surface area (Å²) in [5.41, 5.74) is 7.11. The van der Waals surface area contributed by atoms with Crippen molar-refractivity contribution in [3.05, 3.63) is 88.4 Å². The molecule has 0 bridgehead atoms. The Morgan fingerprint density at radius 2 is 1.83 bits per heavy atom. The number of fused-ring (bicyclic) bond motifs is 4. The molecule has 4 aromatic rings. The minimum Gasteiger partial charge on any atom is -0.454 e. The minimum atomic E-state index is -0.112. The van der Waals surface area contributed by atoms with Crippen LogP contribution in [-0.2, 0) is 17.6 Å². The molecule has 0 spiro atoms. The fourth-order valence-corrected chi connectivity index (χ4v) is 6.05. The molecular formula is C27H20N2O4S2. The first-order valence-electron chi connectivity index (χ1n) is 11.1. The first-order valence-corrected chi connectivity index (χ1v) is 13.0. The van der Waals surface area contributed by atoms with Crippen LogP contribution in [0, 0.1) is 0 Å². The number of hydrogen-bond donors (Lipinski definition) is 1. The highest BCUT2D eigenvalue weighted by molar-refractivity contribution is 8.01. The molecule has 6 nitrogen and oxygen atoms in total. The van der Waals surface area contributed by atoms with Crippen LogP contribution in [0.5, 0.6) is 11.5 Å². The van der Waals surface area contributed by atoms with E-state index in [-0.39, 0.29) is 30.7 Å². The summed E-state index contributed by atoms with van der Waals surface area (Å²) < 4.78 is 11.4. The summed E-state index contributed by atoms with van der Waals surface area (Å²) in [7, 11) is 0. The maximum Gasteiger partial charge on any atom is 0.231 e. The number of carbonyl (C=O) groups is 2. The summed E-state index contributed by atoms with van der Waals surface area (Å²) in [6, 6.07) is 19.7. The molecular weight excluding hydrogens is 480 g/mol. The molecule has 0 atom stereocenters. The summed E-state index contributed by atoms with van der Waals surface area (Å²) in [5.74, 6) is 1.38. The van der Waals surface area contributed by atoms with Gasteiger partial charge in [0.1, 0.15) is 0 Å². The normalized spacial score (nSPS) is 12.8. The van der Waals surface area contributed by atoms with Gasteiger partial charge in [-0.3, -0.25) is 9.59 Å². The van der Waals surface area contributed by atoms with E-state index in [1.54, 1.807) is 18.2 Å². The Morgan fingerprint density at radius 1 is 0.971 bits per heavy atom. The quantitative estimate of drug-likeness (QED) is 0.232. The monoisotopic (exact) mass is 500 g/mol. The van der Waals surface area contributed by atoms with Crippen molar-refractivity contribution in [1.82, 2.24) is 4.98 Å². The average molecular weight is 501 g/mol. The molecule has 0 saturated carbocycles. The van der Waals surface area contributed by atoms with Crippen molar-refractivity contribution < 1.29 is 19.1 Å². The fourth-order valence-electron chi connectivity index (χ4n) is 4.31. The van der Waals surface area contributed by atoms with Crippen LogP contribution in [-0.4, -0.2) is 29.2 Å². The number of amides is 1. The highest BCUT2D eigenvalue weighted by Gasteiger charge is 2.19. The lowest BCUT2D eigenvalue weighted by Gasteiger charge is -2.07. The number of Topliss-reactive ketones (excluding diaryl/α,β-unsaturated/α-hetero) is 1. The van der Waals surface area contributed by atoms with E-state index >= 15 is 0 Å². The Labute approximate surface area is 210 Å². The molecule has 1 N–H and O–H groups in total. The maximum atomic E-state index is 12.6. The molecule has 174 valence electrons. The van der Waals surface area contributed by atoms with Crippen LogP contribution >= 0.6 is 23.1 Å². The van der Waals surface area contributed by atoms with Gasteiger partial charge in [-0.25, -0.2) is 4.98 Å². The summed E-state index contributed by atoms with van der Waals surface area (Å²) in [6.07, 6.45) is 1.07. The second-order valence-electron chi connectivity index (χ2n) is 8.32. The average Bonchev–Trinajstić information content (AvgIpc) is 3.59. The lowest BCUT2D eigenvalue weighted by molar-refractivity contribution is -0.115. The third-order valence-electron chi connectivity index (χ3n) is 5.97. The van der Waals surface area contributed by atoms with Gasteiger partial charge in [0.05, 0.1) is 17.9 Å². The van der Waals surface area contributed by atoms with Crippen LogP contribution in [0.2, 0.25) is 0 Å². The molecule has 1 aliphatic heterocycles. The van der Waals surface area contributed by atoms with Gasteiger partial charge in [0.25, 0.3) is 0 Å². The van der Waals surface area contributed by atoms with Gasteiger partial charge in [-0.2, -0.15) is 0 Å². The molecule has 8 heteroatoms. The Bertz CT molecular complexity index is 1460. The fraction of sp³-hybridized carbons (Fsp3) is 0.148. The van der Waals surface area contributed by atoms with Crippen molar-refractivity contribution >= 4 is 40.5 Å². The molecule has 1 aliphatic carbocycles. The Hall–Kier alpha value is -3.62. The zero-order chi connectivity index (χ0) is 23.8. The molecule has 1 aromatic heterocycles. The lowest BCUT2D eigenvalue weighted by Crippen LogP contribution is -2.14. The topological polar surface area (TPSA) is 77.5 Å². The zero-order valence-corrected chi connectivity index (χ0v) is 20.2. The number of aromatic nitrogens is 1. The maximum absolute atomic E-state index is 12.6. The molecule has 2 heterocycles. The SMILES string of the molecule is O=C(Cc1csc(SCC(=O)c2ccc3c(c2)OCO3)n1)Nc1ccc2c(c1)Cc1ccccc1-2. The molecule has 3 aromatic carbocycles. The first kappa shape index (κ1) is 21.9. The van der Waals surface area contributed by atoms with E-state index in [0.29, 0.717) is 22.8 Å². The number of nitrogens with one attached hydrogen (secondary N) is 1. The molecule has 0 saturated heterocycles. The number of carbonyl (C=O) groups excluding carboxylic acids is 2. The van der Waals surface area contributed by atoms with E-state index in [2.05, 4.69) is 46.7 Å². The number of rotatable bonds is 7. The van der Waals surface area contributed by atoms with Crippen molar-refractivity contribution in [2.75, 3.05) is 17.9 Å². The van der Waals surface area contributed by atoms with E-state index < -0.39 is 0 Å². The van der Waals surface area contributed by atoms with Crippen LogP contribution in [0.15, 0.2) is 70.4 Å². The van der Waals surface area contributed by atoms with Crippen LogP contribution in [0.4, 0.5) is 5.69 Å². The first-order chi connectivity index (χ1) is 17.1. The van der Waals surface area contributed by atoms with Crippen LogP contribution < -0.4 is 14.8 Å². The molecule has 35 heavy (non-hydrogen) atoms. The van der Waals surface area contributed by atoms with E-state index in [1.807, 2.05) is 11.4 Å². The van der Waals surface area contributed by atoms with Gasteiger partial charge in [-0.1, -0.05) is 42.1 Å². The van der Waals surface area contributed by atoms with Gasteiger partial charge in [0.15, 0.2) is 21.6 Å². The van der Waals surface area contributed by atoms with Gasteiger partial charge < -0.3 is 14.8 Å². The van der Waals surface area contributed by atoms with E-state index in [9.17, 15) is 9.59 Å². The van der Waals surface area contributed by atoms with Gasteiger partial charge in [-0.05, 0) is 59.0 Å². The molecule has 1 amide bonds. The Balaban J connectivity index is 1.03. The van der Waals surface area contributed by atoms with Crippen LogP contribution in [0.3, 0.4) is 0 Å². The molecule has 0 radical (unpaired) electrons.